The molecule has 0 aliphatic heterocycles. The lowest BCUT2D eigenvalue weighted by atomic mass is 10.1. The molecule has 10 heteroatoms. The molecule has 0 aliphatic rings. The number of nitrogens with zero attached hydrogens (tertiary/aromatic N) is 2. The van der Waals surface area contributed by atoms with E-state index in [2.05, 4.69) is 5.32 Å². The Morgan fingerprint density at radius 2 is 1.65 bits per heavy atom. The molecule has 2 amide bonds. The molecule has 3 aromatic carbocycles. The Balaban J connectivity index is 2.06. The van der Waals surface area contributed by atoms with E-state index < -0.39 is 28.5 Å². The molecule has 0 heterocycles. The first-order valence-electron chi connectivity index (χ1n) is 13.1. The number of anilines is 1. The predicted octanol–water partition coefficient (Wildman–Crippen LogP) is 5.12. The van der Waals surface area contributed by atoms with Gasteiger partial charge in [-0.25, -0.2) is 8.42 Å². The van der Waals surface area contributed by atoms with Crippen molar-refractivity contribution in [2.75, 3.05) is 24.5 Å². The lowest BCUT2D eigenvalue weighted by molar-refractivity contribution is -0.140. The molecule has 214 valence electrons. The van der Waals surface area contributed by atoms with E-state index in [4.69, 9.17) is 16.3 Å². The van der Waals surface area contributed by atoms with Gasteiger partial charge in [0.25, 0.3) is 10.0 Å². The number of amides is 2. The minimum atomic E-state index is -4.16. The second-order valence-electron chi connectivity index (χ2n) is 9.70. The maximum absolute atomic E-state index is 14.1. The van der Waals surface area contributed by atoms with Gasteiger partial charge in [0.2, 0.25) is 11.8 Å². The molecule has 3 rings (SSSR count). The van der Waals surface area contributed by atoms with E-state index in [0.29, 0.717) is 29.3 Å². The van der Waals surface area contributed by atoms with Gasteiger partial charge in [0.05, 0.1) is 17.7 Å². The second-order valence-corrected chi connectivity index (χ2v) is 12.0. The zero-order chi connectivity index (χ0) is 29.3. The fourth-order valence-corrected chi connectivity index (χ4v) is 5.79. The maximum atomic E-state index is 14.1. The normalized spacial score (nSPS) is 12.1. The van der Waals surface area contributed by atoms with Crippen LogP contribution >= 0.6 is 11.6 Å². The van der Waals surface area contributed by atoms with Crippen LogP contribution in [-0.4, -0.2) is 51.4 Å². The first-order valence-corrected chi connectivity index (χ1v) is 14.9. The van der Waals surface area contributed by atoms with Crippen LogP contribution in [0.25, 0.3) is 0 Å². The molecule has 3 aromatic rings. The van der Waals surface area contributed by atoms with Gasteiger partial charge in [-0.2, -0.15) is 0 Å². The van der Waals surface area contributed by atoms with E-state index in [1.807, 2.05) is 20.8 Å². The van der Waals surface area contributed by atoms with Crippen LogP contribution in [0.4, 0.5) is 5.69 Å². The fraction of sp³-hybridized carbons (Fsp3) is 0.333. The van der Waals surface area contributed by atoms with Crippen LogP contribution < -0.4 is 14.4 Å². The SMILES string of the molecule is CC[C@@H](C(=O)NCC(C)C)N(Cc1ccccc1Cl)C(=O)CN(c1cccc(OC)c1)S(=O)(=O)c1ccccc1. The zero-order valence-electron chi connectivity index (χ0n) is 23.2. The molecule has 0 saturated carbocycles. The molecule has 0 unspecified atom stereocenters. The summed E-state index contributed by atoms with van der Waals surface area (Å²) in [5, 5.41) is 3.35. The summed E-state index contributed by atoms with van der Waals surface area (Å²) in [4.78, 5) is 28.8. The highest BCUT2D eigenvalue weighted by Gasteiger charge is 2.34. The van der Waals surface area contributed by atoms with Gasteiger partial charge < -0.3 is 15.0 Å². The summed E-state index contributed by atoms with van der Waals surface area (Å²) in [5.41, 5.74) is 0.901. The average Bonchev–Trinajstić information content (AvgIpc) is 2.95. The number of halogens is 1. The van der Waals surface area contributed by atoms with Gasteiger partial charge in [0.15, 0.2) is 0 Å². The van der Waals surface area contributed by atoms with Gasteiger partial charge in [-0.3, -0.25) is 13.9 Å². The Labute approximate surface area is 241 Å². The Bertz CT molecular complexity index is 1400. The van der Waals surface area contributed by atoms with Crippen LogP contribution in [0.5, 0.6) is 5.75 Å². The van der Waals surface area contributed by atoms with Crippen LogP contribution in [-0.2, 0) is 26.2 Å². The minimum absolute atomic E-state index is 0.0312. The van der Waals surface area contributed by atoms with Crippen molar-refractivity contribution in [1.29, 1.82) is 0 Å². The van der Waals surface area contributed by atoms with Crippen molar-refractivity contribution in [2.24, 2.45) is 5.92 Å². The lowest BCUT2D eigenvalue weighted by Crippen LogP contribution is -2.52. The van der Waals surface area contributed by atoms with Gasteiger partial charge in [-0.15, -0.1) is 0 Å². The Kier molecular flexibility index (Phi) is 11.0. The predicted molar refractivity (Wildman–Crippen MR) is 158 cm³/mol. The second kappa shape index (κ2) is 14.2. The molecule has 0 spiro atoms. The van der Waals surface area contributed by atoms with Crippen molar-refractivity contribution in [3.8, 4) is 5.75 Å². The first kappa shape index (κ1) is 31.0. The Hall–Kier alpha value is -3.56. The monoisotopic (exact) mass is 585 g/mol. The highest BCUT2D eigenvalue weighted by Crippen LogP contribution is 2.28. The highest BCUT2D eigenvalue weighted by molar-refractivity contribution is 7.92. The van der Waals surface area contributed by atoms with Crippen molar-refractivity contribution in [3.63, 3.8) is 0 Å². The number of nitrogens with one attached hydrogen (secondary N) is 1. The molecule has 0 aromatic heterocycles. The largest absolute Gasteiger partial charge is 0.497 e. The summed E-state index contributed by atoms with van der Waals surface area (Å²) >= 11 is 6.43. The van der Waals surface area contributed by atoms with Crippen molar-refractivity contribution in [2.45, 2.75) is 44.7 Å². The number of hydrogen-bond donors (Lipinski definition) is 1. The van der Waals surface area contributed by atoms with E-state index >= 15 is 0 Å². The summed E-state index contributed by atoms with van der Waals surface area (Å²) in [7, 11) is -2.68. The third kappa shape index (κ3) is 7.76. The number of ether oxygens (including phenoxy) is 1. The third-order valence-corrected chi connectivity index (χ3v) is 8.48. The number of carbonyl (C=O) groups excluding carboxylic acids is 2. The minimum Gasteiger partial charge on any atom is -0.497 e. The van der Waals surface area contributed by atoms with E-state index in [1.54, 1.807) is 66.7 Å². The lowest BCUT2D eigenvalue weighted by Gasteiger charge is -2.33. The van der Waals surface area contributed by atoms with Crippen LogP contribution in [0.15, 0.2) is 83.8 Å². The standard InChI is InChI=1S/C30H36ClN3O5S/c1-5-28(30(36)32-19-22(2)3)33(20-23-12-9-10-17-27(23)31)29(35)21-34(24-13-11-14-25(18-24)39-4)40(37,38)26-15-7-6-8-16-26/h6-18,22,28H,5,19-21H2,1-4H3,(H,32,36)/t28-/m0/s1. The van der Waals surface area contributed by atoms with Crippen LogP contribution in [0.2, 0.25) is 5.02 Å². The summed E-state index contributed by atoms with van der Waals surface area (Å²) < 4.78 is 34.1. The van der Waals surface area contributed by atoms with Gasteiger partial charge in [0, 0.05) is 24.2 Å². The van der Waals surface area contributed by atoms with Crippen molar-refractivity contribution in [3.05, 3.63) is 89.4 Å². The summed E-state index contributed by atoms with van der Waals surface area (Å²) in [6.07, 6.45) is 0.324. The highest BCUT2D eigenvalue weighted by atomic mass is 35.5. The average molecular weight is 586 g/mol. The van der Waals surface area contributed by atoms with Gasteiger partial charge >= 0.3 is 0 Å². The van der Waals surface area contributed by atoms with E-state index in [0.717, 1.165) is 4.31 Å². The molecule has 0 fully saturated rings. The zero-order valence-corrected chi connectivity index (χ0v) is 24.8. The van der Waals surface area contributed by atoms with E-state index in [-0.39, 0.29) is 29.0 Å². The Morgan fingerprint density at radius 1 is 0.975 bits per heavy atom. The molecule has 0 aliphatic carbocycles. The number of benzene rings is 3. The van der Waals surface area contributed by atoms with Gasteiger partial charge in [-0.05, 0) is 48.2 Å². The maximum Gasteiger partial charge on any atom is 0.264 e. The number of methoxy groups -OCH3 is 1. The van der Waals surface area contributed by atoms with E-state index in [9.17, 15) is 18.0 Å². The number of carbonyl (C=O) groups is 2. The molecular formula is C30H36ClN3O5S. The van der Waals surface area contributed by atoms with Gasteiger partial charge in [0.1, 0.15) is 18.3 Å². The number of sulfonamides is 1. The number of hydrogen-bond acceptors (Lipinski definition) is 5. The quantitative estimate of drug-likeness (QED) is 0.300. The molecular weight excluding hydrogens is 550 g/mol. The van der Waals surface area contributed by atoms with E-state index in [1.165, 1.54) is 24.1 Å². The molecule has 40 heavy (non-hydrogen) atoms. The topological polar surface area (TPSA) is 96.0 Å². The van der Waals surface area contributed by atoms with Crippen molar-refractivity contribution < 1.29 is 22.7 Å². The van der Waals surface area contributed by atoms with Crippen molar-refractivity contribution in [1.82, 2.24) is 10.2 Å². The smallest absolute Gasteiger partial charge is 0.264 e. The van der Waals surface area contributed by atoms with Crippen LogP contribution in [0.3, 0.4) is 0 Å². The Morgan fingerprint density at radius 3 is 2.27 bits per heavy atom. The fourth-order valence-electron chi connectivity index (χ4n) is 4.17. The molecule has 0 saturated heterocycles. The van der Waals surface area contributed by atoms with Gasteiger partial charge in [-0.1, -0.05) is 74.8 Å². The molecule has 8 nitrogen and oxygen atoms in total. The molecule has 1 atom stereocenters. The summed E-state index contributed by atoms with van der Waals surface area (Å²) in [6.45, 7) is 5.71. The third-order valence-electron chi connectivity index (χ3n) is 6.32. The molecule has 0 radical (unpaired) electrons. The number of rotatable bonds is 13. The van der Waals surface area contributed by atoms with Crippen molar-refractivity contribution >= 4 is 39.1 Å². The molecule has 0 bridgehead atoms. The molecule has 1 N–H and O–H groups in total. The van der Waals surface area contributed by atoms with Crippen LogP contribution in [0, 0.1) is 5.92 Å². The summed E-state index contributed by atoms with van der Waals surface area (Å²) in [6, 6.07) is 20.6. The first-order chi connectivity index (χ1) is 19.1. The summed E-state index contributed by atoms with van der Waals surface area (Å²) in [5.74, 6) is -0.205. The van der Waals surface area contributed by atoms with Crippen LogP contribution in [0.1, 0.15) is 32.8 Å².